The van der Waals surface area contributed by atoms with Crippen LogP contribution in [0, 0.1) is 11.7 Å². The molecule has 0 amide bonds. The molecule has 1 aromatic heterocycles. The first kappa shape index (κ1) is 22.9. The minimum Gasteiger partial charge on any atom is -0.421 e. The fraction of sp³-hybridized carbons (Fsp3) is 0.545. The van der Waals surface area contributed by atoms with Crippen molar-refractivity contribution in [3.05, 3.63) is 30.2 Å². The molecule has 2 atom stereocenters. The zero-order chi connectivity index (χ0) is 23.9. The van der Waals surface area contributed by atoms with Gasteiger partial charge in [0.2, 0.25) is 5.95 Å². The average Bonchev–Trinajstić information content (AvgIpc) is 2.80. The molecule has 0 saturated carbocycles. The maximum atomic E-state index is 14.4. The van der Waals surface area contributed by atoms with E-state index in [4.69, 9.17) is 0 Å². The molecular weight excluding hydrogens is 461 g/mol. The lowest BCUT2D eigenvalue weighted by Crippen LogP contribution is -2.52. The van der Waals surface area contributed by atoms with Gasteiger partial charge >= 0.3 is 12.2 Å². The monoisotopic (exact) mass is 485 g/mol. The number of hydrogen-bond donors (Lipinski definition) is 2. The van der Waals surface area contributed by atoms with E-state index in [0.29, 0.717) is 18.5 Å². The molecule has 2 fully saturated rings. The number of benzene rings is 1. The lowest BCUT2D eigenvalue weighted by Gasteiger charge is -2.44. The van der Waals surface area contributed by atoms with Crippen LogP contribution in [0.2, 0.25) is 0 Å². The first-order valence-corrected chi connectivity index (χ1v) is 11.3. The summed E-state index contributed by atoms with van der Waals surface area (Å²) in [6.07, 6.45) is -2.89. The molecule has 0 radical (unpaired) electrons. The van der Waals surface area contributed by atoms with Gasteiger partial charge in [0.25, 0.3) is 0 Å². The number of ether oxygens (including phenoxy) is 2. The van der Waals surface area contributed by atoms with Crippen molar-refractivity contribution in [2.75, 3.05) is 30.3 Å². The Morgan fingerprint density at radius 3 is 2.59 bits per heavy atom. The van der Waals surface area contributed by atoms with Gasteiger partial charge in [0, 0.05) is 24.3 Å². The van der Waals surface area contributed by atoms with Crippen LogP contribution in [-0.2, 0) is 0 Å². The Kier molecular flexibility index (Phi) is 5.86. The van der Waals surface area contributed by atoms with E-state index >= 15 is 0 Å². The highest BCUT2D eigenvalue weighted by Gasteiger charge is 2.65. The molecule has 184 valence electrons. The summed E-state index contributed by atoms with van der Waals surface area (Å²) in [5.41, 5.74) is 0.172. The van der Waals surface area contributed by atoms with Crippen molar-refractivity contribution >= 4 is 17.5 Å². The Morgan fingerprint density at radius 2 is 1.76 bits per heavy atom. The number of fused-ring (bicyclic) bond motifs is 2. The summed E-state index contributed by atoms with van der Waals surface area (Å²) in [6.45, 7) is 2.79. The summed E-state index contributed by atoms with van der Waals surface area (Å²) in [6, 6.07) is 3.91. The molecule has 2 N–H and O–H groups in total. The number of halogens is 5. The molecule has 5 rings (SSSR count). The van der Waals surface area contributed by atoms with Gasteiger partial charge in [0.15, 0.2) is 23.1 Å². The van der Waals surface area contributed by atoms with Crippen molar-refractivity contribution in [1.29, 1.82) is 0 Å². The molecule has 0 aliphatic carbocycles. The second-order valence-corrected chi connectivity index (χ2v) is 8.80. The Bertz CT molecular complexity index is 1050. The number of hydrogen-bond acceptors (Lipinski definition) is 7. The second-order valence-electron chi connectivity index (χ2n) is 8.80. The van der Waals surface area contributed by atoms with Crippen molar-refractivity contribution < 1.29 is 31.4 Å². The second kappa shape index (κ2) is 8.71. The highest BCUT2D eigenvalue weighted by Crippen LogP contribution is 2.47. The molecule has 3 aliphatic rings. The fourth-order valence-corrected chi connectivity index (χ4v) is 4.87. The van der Waals surface area contributed by atoms with Crippen LogP contribution in [-0.4, -0.2) is 52.8 Å². The summed E-state index contributed by atoms with van der Waals surface area (Å²) >= 11 is 0. The van der Waals surface area contributed by atoms with E-state index < -0.39 is 29.5 Å². The van der Waals surface area contributed by atoms with Crippen molar-refractivity contribution in [3.8, 4) is 11.5 Å². The number of nitrogens with one attached hydrogen (secondary N) is 2. The third-order valence-corrected chi connectivity index (χ3v) is 6.52. The summed E-state index contributed by atoms with van der Waals surface area (Å²) in [5.74, 6) is -1.32. The highest BCUT2D eigenvalue weighted by atomic mass is 19.3. The van der Waals surface area contributed by atoms with E-state index in [-0.39, 0.29) is 17.5 Å². The van der Waals surface area contributed by atoms with Crippen molar-refractivity contribution in [1.82, 2.24) is 14.9 Å². The van der Waals surface area contributed by atoms with Crippen LogP contribution in [0.25, 0.3) is 0 Å². The average molecular weight is 485 g/mol. The normalized spacial score (nSPS) is 25.3. The fourth-order valence-electron chi connectivity index (χ4n) is 4.87. The molecule has 2 saturated heterocycles. The quantitative estimate of drug-likeness (QED) is 0.578. The summed E-state index contributed by atoms with van der Waals surface area (Å²) < 4.78 is 76.1. The van der Waals surface area contributed by atoms with Crippen molar-refractivity contribution in [2.45, 2.75) is 50.4 Å². The van der Waals surface area contributed by atoms with Gasteiger partial charge < -0.3 is 25.0 Å². The van der Waals surface area contributed by atoms with Gasteiger partial charge in [-0.05, 0) is 56.8 Å². The number of anilines is 3. The Balaban J connectivity index is 1.27. The minimum absolute atomic E-state index is 0.000560. The van der Waals surface area contributed by atoms with Gasteiger partial charge in [-0.1, -0.05) is 6.42 Å². The number of nitrogens with zero attached hydrogens (tertiary/aromatic N) is 3. The minimum atomic E-state index is -4.82. The first-order valence-electron chi connectivity index (χ1n) is 11.3. The number of alkyl halides is 4. The van der Waals surface area contributed by atoms with Crippen LogP contribution in [0.1, 0.15) is 32.1 Å². The van der Waals surface area contributed by atoms with Crippen LogP contribution in [0.4, 0.5) is 39.4 Å². The van der Waals surface area contributed by atoms with E-state index in [2.05, 4.69) is 35.0 Å². The van der Waals surface area contributed by atoms with Crippen LogP contribution in [0.5, 0.6) is 11.5 Å². The van der Waals surface area contributed by atoms with E-state index in [0.717, 1.165) is 50.7 Å². The first-order chi connectivity index (χ1) is 16.2. The third kappa shape index (κ3) is 4.42. The van der Waals surface area contributed by atoms with E-state index in [1.54, 1.807) is 0 Å². The van der Waals surface area contributed by atoms with Crippen molar-refractivity contribution in [3.63, 3.8) is 0 Å². The summed E-state index contributed by atoms with van der Waals surface area (Å²) in [4.78, 5) is 10.5. The molecule has 12 heteroatoms. The molecule has 34 heavy (non-hydrogen) atoms. The molecule has 7 nitrogen and oxygen atoms in total. The molecule has 0 unspecified atom stereocenters. The lowest BCUT2D eigenvalue weighted by atomic mass is 9.83. The highest BCUT2D eigenvalue weighted by molar-refractivity contribution is 5.61. The van der Waals surface area contributed by atoms with Crippen LogP contribution in [0.15, 0.2) is 24.4 Å². The molecule has 0 bridgehead atoms. The maximum absolute atomic E-state index is 14.4. The van der Waals surface area contributed by atoms with Gasteiger partial charge in [0.1, 0.15) is 0 Å². The third-order valence-electron chi connectivity index (χ3n) is 6.52. The van der Waals surface area contributed by atoms with Crippen LogP contribution >= 0.6 is 0 Å². The van der Waals surface area contributed by atoms with Crippen LogP contribution in [0.3, 0.4) is 0 Å². The topological polar surface area (TPSA) is 71.5 Å². The van der Waals surface area contributed by atoms with E-state index in [9.17, 15) is 22.0 Å². The molecular formula is C22H24F5N5O2. The Hall–Kier alpha value is -2.89. The van der Waals surface area contributed by atoms with Gasteiger partial charge in [-0.2, -0.15) is 22.5 Å². The largest absolute Gasteiger partial charge is 0.507 e. The smallest absolute Gasteiger partial charge is 0.421 e. The number of piperidine rings is 2. The molecule has 3 aliphatic heterocycles. The number of rotatable bonds is 5. The maximum Gasteiger partial charge on any atom is 0.507 e. The summed E-state index contributed by atoms with van der Waals surface area (Å²) in [5, 5.41) is 5.84. The molecule has 4 heterocycles. The molecule has 0 spiro atoms. The SMILES string of the molecule is Fc1cnc(Nc2ccc3c(c2)OC(F)(F)C(F)(F)O3)nc1NC[C@@H]1CCCN2CCCC[C@H]12. The Morgan fingerprint density at radius 1 is 1.00 bits per heavy atom. The lowest BCUT2D eigenvalue weighted by molar-refractivity contribution is -0.391. The molecule has 2 aromatic rings. The van der Waals surface area contributed by atoms with E-state index in [1.807, 2.05) is 0 Å². The van der Waals surface area contributed by atoms with Crippen molar-refractivity contribution in [2.24, 2.45) is 5.92 Å². The van der Waals surface area contributed by atoms with Crippen LogP contribution < -0.4 is 20.1 Å². The standard InChI is InChI=1S/C22H24F5N5O2/c23-15-12-29-20(30-14-6-7-17-18(10-14)34-22(26,27)21(24,25)33-17)31-19(15)28-11-13-4-3-9-32-8-2-1-5-16(13)32/h6-7,10,12-13,16H,1-5,8-9,11H2,(H2,28,29,30,31)/t13-,16+/m0/s1. The Labute approximate surface area is 192 Å². The number of aromatic nitrogens is 2. The van der Waals surface area contributed by atoms with Gasteiger partial charge in [-0.3, -0.25) is 0 Å². The van der Waals surface area contributed by atoms with Gasteiger partial charge in [-0.25, -0.2) is 9.37 Å². The molecule has 1 aromatic carbocycles. The van der Waals surface area contributed by atoms with Gasteiger partial charge in [-0.15, -0.1) is 0 Å². The predicted octanol–water partition coefficient (Wildman–Crippen LogP) is 4.99. The van der Waals surface area contributed by atoms with E-state index in [1.165, 1.54) is 18.9 Å². The summed E-state index contributed by atoms with van der Waals surface area (Å²) in [7, 11) is 0. The van der Waals surface area contributed by atoms with Gasteiger partial charge in [0.05, 0.1) is 6.20 Å². The zero-order valence-corrected chi connectivity index (χ0v) is 18.2. The zero-order valence-electron chi connectivity index (χ0n) is 18.2. The predicted molar refractivity (Wildman–Crippen MR) is 113 cm³/mol.